The second kappa shape index (κ2) is 5.48. The molecule has 5 atom stereocenters. The molecule has 3 heterocycles. The number of fused-ring (bicyclic) bond motifs is 2. The third kappa shape index (κ3) is 2.06. The highest BCUT2D eigenvalue weighted by molar-refractivity contribution is 5.60. The lowest BCUT2D eigenvalue weighted by Crippen LogP contribution is -2.42. The third-order valence-corrected chi connectivity index (χ3v) is 6.75. The van der Waals surface area contributed by atoms with Gasteiger partial charge in [-0.25, -0.2) is 4.39 Å². The van der Waals surface area contributed by atoms with Gasteiger partial charge in [0.15, 0.2) is 11.5 Å². The van der Waals surface area contributed by atoms with E-state index in [1.54, 1.807) is 22.7 Å². The third-order valence-electron chi connectivity index (χ3n) is 6.75. The second-order valence-electron chi connectivity index (χ2n) is 7.96. The van der Waals surface area contributed by atoms with Crippen molar-refractivity contribution in [2.75, 3.05) is 18.6 Å². The lowest BCUT2D eigenvalue weighted by atomic mass is 9.88. The molecule has 6 nitrogen and oxygen atoms in total. The molecule has 2 saturated carbocycles. The molecule has 1 saturated heterocycles. The van der Waals surface area contributed by atoms with Gasteiger partial charge in [0.25, 0.3) is 0 Å². The van der Waals surface area contributed by atoms with Crippen molar-refractivity contribution in [2.24, 2.45) is 17.8 Å². The van der Waals surface area contributed by atoms with Crippen molar-refractivity contribution in [1.29, 1.82) is 0 Å². The minimum absolute atomic E-state index is 0.276. The Morgan fingerprint density at radius 1 is 1.07 bits per heavy atom. The fourth-order valence-electron chi connectivity index (χ4n) is 5.72. The van der Waals surface area contributed by atoms with Crippen LogP contribution in [0, 0.1) is 23.6 Å². The van der Waals surface area contributed by atoms with Gasteiger partial charge in [-0.3, -0.25) is 0 Å². The van der Waals surface area contributed by atoms with Crippen LogP contribution in [0.3, 0.4) is 0 Å². The molecule has 0 N–H and O–H groups in total. The first kappa shape index (κ1) is 15.5. The minimum Gasteiger partial charge on any atom is -0.379 e. The average molecular weight is 365 g/mol. The normalized spacial score (nSPS) is 31.3. The Morgan fingerprint density at radius 3 is 2.81 bits per heavy atom. The molecule has 0 unspecified atom stereocenters. The first-order chi connectivity index (χ1) is 13.2. The van der Waals surface area contributed by atoms with E-state index in [0.717, 1.165) is 18.3 Å². The van der Waals surface area contributed by atoms with Gasteiger partial charge in [0, 0.05) is 13.7 Å². The largest absolute Gasteiger partial charge is 0.379 e. The van der Waals surface area contributed by atoms with Crippen molar-refractivity contribution in [1.82, 2.24) is 19.8 Å². The number of nitrogens with zero attached hydrogens (tertiary/aromatic N) is 5. The topological polar surface area (TPSA) is 55.5 Å². The van der Waals surface area contributed by atoms with Crippen LogP contribution in [0.1, 0.15) is 12.8 Å². The highest BCUT2D eigenvalue weighted by Gasteiger charge is 2.59. The van der Waals surface area contributed by atoms with Crippen LogP contribution in [0.15, 0.2) is 36.4 Å². The standard InChI is InChI=1S/C20H20FN5O/c1-27-19-11-8-12-10-25(18(19)14(12)9-11)17-7-6-16-22-23-20(26(16)24-17)13-4-2-3-5-15(13)21/h2-7,11-12,14,18-19H,8-10H2,1H3/t11-,12+,14-,18+,19+/m0/s1. The van der Waals surface area contributed by atoms with E-state index in [1.165, 1.54) is 18.9 Å². The zero-order chi connectivity index (χ0) is 18.1. The Bertz CT molecular complexity index is 1030. The molecule has 7 heteroatoms. The molecule has 27 heavy (non-hydrogen) atoms. The van der Waals surface area contributed by atoms with Crippen molar-refractivity contribution in [3.8, 4) is 11.4 Å². The van der Waals surface area contributed by atoms with Gasteiger partial charge in [0.2, 0.25) is 0 Å². The van der Waals surface area contributed by atoms with Crippen LogP contribution >= 0.6 is 0 Å². The van der Waals surface area contributed by atoms with Gasteiger partial charge in [0.1, 0.15) is 11.6 Å². The SMILES string of the molecule is CO[C@@H]1[C@H]2C[C@@H]3CN(c4ccc5nnc(-c6ccccc6F)n5n4)[C@@H]1[C@H]3C2. The maximum atomic E-state index is 14.3. The number of anilines is 1. The molecular weight excluding hydrogens is 345 g/mol. The minimum atomic E-state index is -0.323. The zero-order valence-electron chi connectivity index (χ0n) is 15.0. The molecule has 3 aromatic rings. The maximum absolute atomic E-state index is 14.3. The predicted molar refractivity (Wildman–Crippen MR) is 97.8 cm³/mol. The molecule has 2 bridgehead atoms. The molecule has 138 valence electrons. The summed E-state index contributed by atoms with van der Waals surface area (Å²) in [5.74, 6) is 3.10. The van der Waals surface area contributed by atoms with Crippen molar-refractivity contribution in [3.63, 3.8) is 0 Å². The molecule has 6 rings (SSSR count). The summed E-state index contributed by atoms with van der Waals surface area (Å²) in [5, 5.41) is 13.2. The number of hydrogen-bond acceptors (Lipinski definition) is 5. The maximum Gasteiger partial charge on any atom is 0.188 e. The molecule has 1 aliphatic heterocycles. The van der Waals surface area contributed by atoms with Gasteiger partial charge in [-0.15, -0.1) is 15.3 Å². The van der Waals surface area contributed by atoms with Crippen molar-refractivity contribution in [3.05, 3.63) is 42.2 Å². The van der Waals surface area contributed by atoms with E-state index in [0.29, 0.717) is 34.9 Å². The summed E-state index contributed by atoms with van der Waals surface area (Å²) in [6.45, 7) is 1.02. The van der Waals surface area contributed by atoms with Crippen molar-refractivity contribution in [2.45, 2.75) is 25.0 Å². The number of halogens is 1. The average Bonchev–Trinajstić information content (AvgIpc) is 3.40. The van der Waals surface area contributed by atoms with E-state index < -0.39 is 0 Å². The number of hydrogen-bond donors (Lipinski definition) is 0. The molecule has 3 aliphatic rings. The Balaban J connectivity index is 1.45. The van der Waals surface area contributed by atoms with Gasteiger partial charge < -0.3 is 9.64 Å². The summed E-state index contributed by atoms with van der Waals surface area (Å²) in [5.41, 5.74) is 1.03. The number of methoxy groups -OCH3 is 1. The highest BCUT2D eigenvalue weighted by Crippen LogP contribution is 2.56. The van der Waals surface area contributed by atoms with Crippen molar-refractivity contribution >= 4 is 11.5 Å². The van der Waals surface area contributed by atoms with Gasteiger partial charge in [-0.2, -0.15) is 4.52 Å². The Morgan fingerprint density at radius 2 is 1.96 bits per heavy atom. The first-order valence-corrected chi connectivity index (χ1v) is 9.51. The van der Waals surface area contributed by atoms with Gasteiger partial charge in [0.05, 0.1) is 17.7 Å². The molecule has 2 aliphatic carbocycles. The summed E-state index contributed by atoms with van der Waals surface area (Å²) >= 11 is 0. The van der Waals surface area contributed by atoms with E-state index in [-0.39, 0.29) is 11.9 Å². The molecule has 0 spiro atoms. The van der Waals surface area contributed by atoms with E-state index in [2.05, 4.69) is 15.1 Å². The number of rotatable bonds is 3. The number of benzene rings is 1. The van der Waals surface area contributed by atoms with E-state index in [4.69, 9.17) is 9.84 Å². The molecular formula is C20H20FN5O. The summed E-state index contributed by atoms with van der Waals surface area (Å²) < 4.78 is 21.8. The van der Waals surface area contributed by atoms with Crippen LogP contribution in [0.2, 0.25) is 0 Å². The van der Waals surface area contributed by atoms with Crippen LogP contribution in [0.25, 0.3) is 17.0 Å². The van der Waals surface area contributed by atoms with Crippen molar-refractivity contribution < 1.29 is 9.13 Å². The summed E-state index contributed by atoms with van der Waals surface area (Å²) in [6, 6.07) is 10.9. The van der Waals surface area contributed by atoms with Crippen LogP contribution in [0.4, 0.5) is 10.2 Å². The van der Waals surface area contributed by atoms with Crippen LogP contribution in [-0.2, 0) is 4.74 Å². The molecule has 3 fully saturated rings. The molecule has 0 amide bonds. The van der Waals surface area contributed by atoms with Gasteiger partial charge in [-0.05, 0) is 54.9 Å². The monoisotopic (exact) mass is 365 g/mol. The Kier molecular flexibility index (Phi) is 3.15. The quantitative estimate of drug-likeness (QED) is 0.714. The Labute approximate surface area is 156 Å². The Hall–Kier alpha value is -2.54. The number of ether oxygens (including phenoxy) is 1. The molecule has 2 aromatic heterocycles. The lowest BCUT2D eigenvalue weighted by Gasteiger charge is -2.31. The molecule has 1 aromatic carbocycles. The first-order valence-electron chi connectivity index (χ1n) is 9.51. The fourth-order valence-corrected chi connectivity index (χ4v) is 5.72. The van der Waals surface area contributed by atoms with Crippen LogP contribution in [-0.4, -0.2) is 45.6 Å². The zero-order valence-corrected chi connectivity index (χ0v) is 15.0. The smallest absolute Gasteiger partial charge is 0.188 e. The van der Waals surface area contributed by atoms with Gasteiger partial charge in [-0.1, -0.05) is 12.1 Å². The summed E-state index contributed by atoms with van der Waals surface area (Å²) in [4.78, 5) is 2.39. The molecule has 0 radical (unpaired) electrons. The van der Waals surface area contributed by atoms with E-state index in [9.17, 15) is 4.39 Å². The summed E-state index contributed by atoms with van der Waals surface area (Å²) in [7, 11) is 1.82. The van der Waals surface area contributed by atoms with Crippen LogP contribution in [0.5, 0.6) is 0 Å². The van der Waals surface area contributed by atoms with E-state index in [1.807, 2.05) is 19.2 Å². The predicted octanol–water partition coefficient (Wildman–Crippen LogP) is 2.79. The fraction of sp³-hybridized carbons (Fsp3) is 0.450. The number of aromatic nitrogens is 4. The van der Waals surface area contributed by atoms with Crippen LogP contribution < -0.4 is 4.90 Å². The highest BCUT2D eigenvalue weighted by atomic mass is 19.1. The second-order valence-corrected chi connectivity index (χ2v) is 7.96. The summed E-state index contributed by atoms with van der Waals surface area (Å²) in [6.07, 6.45) is 2.80. The lowest BCUT2D eigenvalue weighted by molar-refractivity contribution is 0.0446. The van der Waals surface area contributed by atoms with E-state index >= 15 is 0 Å². The van der Waals surface area contributed by atoms with Gasteiger partial charge >= 0.3 is 0 Å².